The highest BCUT2D eigenvalue weighted by Gasteiger charge is 2.33. The van der Waals surface area contributed by atoms with Gasteiger partial charge >= 0.3 is 0 Å². The van der Waals surface area contributed by atoms with E-state index in [1.54, 1.807) is 12.1 Å². The van der Waals surface area contributed by atoms with Crippen LogP contribution < -0.4 is 5.14 Å². The fourth-order valence-electron chi connectivity index (χ4n) is 3.42. The molecule has 0 aliphatic carbocycles. The number of carbonyl (C=O) groups is 1. The summed E-state index contributed by atoms with van der Waals surface area (Å²) in [6.45, 7) is 7.94. The lowest BCUT2D eigenvalue weighted by molar-refractivity contribution is -0.137. The summed E-state index contributed by atoms with van der Waals surface area (Å²) in [6, 6.07) is 6.57. The van der Waals surface area contributed by atoms with Crippen LogP contribution in [0.5, 0.6) is 0 Å². The molecular weight excluding hydrogens is 348 g/mol. The molecule has 1 heterocycles. The van der Waals surface area contributed by atoms with E-state index in [1.165, 1.54) is 17.7 Å². The van der Waals surface area contributed by atoms with Crippen LogP contribution in [-0.4, -0.2) is 32.3 Å². The number of piperidine rings is 1. The van der Waals surface area contributed by atoms with Crippen LogP contribution in [0.15, 0.2) is 40.8 Å². The van der Waals surface area contributed by atoms with Gasteiger partial charge in [-0.25, -0.2) is 13.6 Å². The van der Waals surface area contributed by atoms with Crippen LogP contribution in [0.4, 0.5) is 0 Å². The molecule has 6 heteroatoms. The Kier molecular flexibility index (Phi) is 6.64. The Balaban J connectivity index is 1.95. The Morgan fingerprint density at radius 2 is 1.92 bits per heavy atom. The van der Waals surface area contributed by atoms with Gasteiger partial charge in [-0.05, 0) is 62.6 Å². The molecule has 0 radical (unpaired) electrons. The molecule has 144 valence electrons. The molecule has 1 fully saturated rings. The molecule has 0 aromatic heterocycles. The summed E-state index contributed by atoms with van der Waals surface area (Å²) in [4.78, 5) is 14.4. The maximum Gasteiger partial charge on any atom is 0.238 e. The molecule has 0 saturated carbocycles. The first kappa shape index (κ1) is 20.6. The number of nitrogens with two attached hydrogens (primary N) is 1. The van der Waals surface area contributed by atoms with Crippen LogP contribution in [0.25, 0.3) is 0 Å². The summed E-state index contributed by atoms with van der Waals surface area (Å²) in [5.74, 6) is 0.214. The molecule has 0 bridgehead atoms. The number of hydrogen-bond acceptors (Lipinski definition) is 3. The smallest absolute Gasteiger partial charge is 0.238 e. The topological polar surface area (TPSA) is 80.5 Å². The Labute approximate surface area is 157 Å². The fraction of sp³-hybridized carbons (Fsp3) is 0.550. The van der Waals surface area contributed by atoms with Crippen LogP contribution in [0.1, 0.15) is 52.0 Å². The van der Waals surface area contributed by atoms with E-state index in [1.807, 2.05) is 4.90 Å². The quantitative estimate of drug-likeness (QED) is 0.740. The number of carbonyl (C=O) groups excluding carboxylic acids is 1. The lowest BCUT2D eigenvalue weighted by Gasteiger charge is -2.40. The van der Waals surface area contributed by atoms with Gasteiger partial charge in [-0.3, -0.25) is 4.79 Å². The lowest BCUT2D eigenvalue weighted by Crippen LogP contribution is -2.46. The van der Waals surface area contributed by atoms with Crippen molar-refractivity contribution in [3.63, 3.8) is 0 Å². The van der Waals surface area contributed by atoms with Gasteiger partial charge in [0.05, 0.1) is 4.90 Å². The van der Waals surface area contributed by atoms with Crippen molar-refractivity contribution in [2.45, 2.75) is 57.8 Å². The first-order valence-corrected chi connectivity index (χ1v) is 10.7. The Hall–Kier alpha value is -1.66. The third kappa shape index (κ3) is 5.95. The number of sulfonamides is 1. The van der Waals surface area contributed by atoms with Gasteiger partial charge in [0.2, 0.25) is 15.9 Å². The zero-order chi connectivity index (χ0) is 19.4. The van der Waals surface area contributed by atoms with E-state index in [0.717, 1.165) is 31.4 Å². The van der Waals surface area contributed by atoms with Crippen molar-refractivity contribution >= 4 is 15.9 Å². The van der Waals surface area contributed by atoms with Gasteiger partial charge in [-0.15, -0.1) is 0 Å². The molecule has 26 heavy (non-hydrogen) atoms. The van der Waals surface area contributed by atoms with Crippen LogP contribution in [0.3, 0.4) is 0 Å². The lowest BCUT2D eigenvalue weighted by atomic mass is 9.77. The minimum Gasteiger partial charge on any atom is -0.342 e. The number of rotatable bonds is 7. The maximum atomic E-state index is 12.3. The highest BCUT2D eigenvalue weighted by Crippen LogP contribution is 2.35. The number of amides is 1. The van der Waals surface area contributed by atoms with Crippen LogP contribution >= 0.6 is 0 Å². The van der Waals surface area contributed by atoms with E-state index < -0.39 is 10.0 Å². The molecule has 1 amide bonds. The molecule has 1 aliphatic heterocycles. The first-order valence-electron chi connectivity index (χ1n) is 9.12. The molecule has 1 saturated heterocycles. The highest BCUT2D eigenvalue weighted by atomic mass is 32.2. The average molecular weight is 379 g/mol. The number of allylic oxidation sites excluding steroid dienone is 2. The van der Waals surface area contributed by atoms with Crippen molar-refractivity contribution < 1.29 is 13.2 Å². The van der Waals surface area contributed by atoms with E-state index in [0.29, 0.717) is 19.4 Å². The zero-order valence-corrected chi connectivity index (χ0v) is 16.8. The van der Waals surface area contributed by atoms with Gasteiger partial charge in [0.25, 0.3) is 0 Å². The predicted molar refractivity (Wildman–Crippen MR) is 104 cm³/mol. The zero-order valence-electron chi connectivity index (χ0n) is 16.0. The third-order valence-corrected chi connectivity index (χ3v) is 6.02. The van der Waals surface area contributed by atoms with Crippen LogP contribution in [0.2, 0.25) is 0 Å². The van der Waals surface area contributed by atoms with Crippen molar-refractivity contribution in [1.29, 1.82) is 0 Å². The second-order valence-electron chi connectivity index (χ2n) is 7.89. The predicted octanol–water partition coefficient (Wildman–Crippen LogP) is 3.25. The minimum atomic E-state index is -3.66. The van der Waals surface area contributed by atoms with Gasteiger partial charge in [0, 0.05) is 19.5 Å². The SMILES string of the molecule is CC(C)=CCCC1(C)CCC(=O)N(CCc2ccc(S(N)(=O)=O)cc2)C1. The highest BCUT2D eigenvalue weighted by molar-refractivity contribution is 7.89. The summed E-state index contributed by atoms with van der Waals surface area (Å²) >= 11 is 0. The number of nitrogens with zero attached hydrogens (tertiary/aromatic N) is 1. The third-order valence-electron chi connectivity index (χ3n) is 5.09. The van der Waals surface area contributed by atoms with E-state index in [-0.39, 0.29) is 16.2 Å². The first-order chi connectivity index (χ1) is 12.1. The van der Waals surface area contributed by atoms with E-state index in [4.69, 9.17) is 5.14 Å². The summed E-state index contributed by atoms with van der Waals surface area (Å²) in [7, 11) is -3.66. The molecular formula is C20H30N2O3S. The molecule has 1 aromatic carbocycles. The van der Waals surface area contributed by atoms with Gasteiger partial charge < -0.3 is 4.90 Å². The second kappa shape index (κ2) is 8.35. The standard InChI is InChI=1S/C20H30N2O3S/c1-16(2)5-4-12-20(3)13-10-19(23)22(15-20)14-11-17-6-8-18(9-7-17)26(21,24)25/h5-9H,4,10-15H2,1-3H3,(H2,21,24,25). The van der Waals surface area contributed by atoms with Crippen molar-refractivity contribution in [3.8, 4) is 0 Å². The summed E-state index contributed by atoms with van der Waals surface area (Å²) in [5, 5.41) is 5.12. The van der Waals surface area contributed by atoms with E-state index in [2.05, 4.69) is 26.8 Å². The number of hydrogen-bond donors (Lipinski definition) is 1. The molecule has 1 aliphatic rings. The fourth-order valence-corrected chi connectivity index (χ4v) is 3.94. The number of primary sulfonamides is 1. The summed E-state index contributed by atoms with van der Waals surface area (Å²) in [6.07, 6.45) is 6.67. The second-order valence-corrected chi connectivity index (χ2v) is 9.45. The largest absolute Gasteiger partial charge is 0.342 e. The van der Waals surface area contributed by atoms with Crippen LogP contribution in [0, 0.1) is 5.41 Å². The summed E-state index contributed by atoms with van der Waals surface area (Å²) < 4.78 is 22.6. The number of likely N-dealkylation sites (tertiary alicyclic amines) is 1. The Morgan fingerprint density at radius 3 is 2.50 bits per heavy atom. The molecule has 1 atom stereocenters. The molecule has 1 aromatic rings. The van der Waals surface area contributed by atoms with E-state index in [9.17, 15) is 13.2 Å². The molecule has 0 spiro atoms. The molecule has 2 rings (SSSR count). The van der Waals surface area contributed by atoms with Gasteiger partial charge in [0.15, 0.2) is 0 Å². The van der Waals surface area contributed by atoms with Crippen molar-refractivity contribution in [2.75, 3.05) is 13.1 Å². The van der Waals surface area contributed by atoms with Crippen LogP contribution in [-0.2, 0) is 21.2 Å². The molecule has 2 N–H and O–H groups in total. The average Bonchev–Trinajstić information content (AvgIpc) is 2.55. The molecule has 5 nitrogen and oxygen atoms in total. The number of benzene rings is 1. The van der Waals surface area contributed by atoms with E-state index >= 15 is 0 Å². The van der Waals surface area contributed by atoms with Gasteiger partial charge in [0.1, 0.15) is 0 Å². The normalized spacial score (nSPS) is 20.9. The maximum absolute atomic E-state index is 12.3. The molecule has 1 unspecified atom stereocenters. The van der Waals surface area contributed by atoms with Crippen molar-refractivity contribution in [3.05, 3.63) is 41.5 Å². The Morgan fingerprint density at radius 1 is 1.27 bits per heavy atom. The minimum absolute atomic E-state index is 0.113. The van der Waals surface area contributed by atoms with Gasteiger partial charge in [-0.1, -0.05) is 30.7 Å². The van der Waals surface area contributed by atoms with Crippen molar-refractivity contribution in [1.82, 2.24) is 4.90 Å². The Bertz CT molecular complexity index is 765. The summed E-state index contributed by atoms with van der Waals surface area (Å²) in [5.41, 5.74) is 2.50. The van der Waals surface area contributed by atoms with Gasteiger partial charge in [-0.2, -0.15) is 0 Å². The van der Waals surface area contributed by atoms with Crippen molar-refractivity contribution in [2.24, 2.45) is 10.6 Å². The monoisotopic (exact) mass is 378 g/mol.